The largest absolute Gasteiger partial charge is 0.337 e. The second kappa shape index (κ2) is 8.76. The normalized spacial score (nSPS) is 11.1. The van der Waals surface area contributed by atoms with Crippen LogP contribution in [0.1, 0.15) is 17.5 Å². The minimum Gasteiger partial charge on any atom is -0.337 e. The Labute approximate surface area is 178 Å². The van der Waals surface area contributed by atoms with E-state index in [-0.39, 0.29) is 5.91 Å². The van der Waals surface area contributed by atoms with Crippen molar-refractivity contribution in [1.82, 2.24) is 14.5 Å². The zero-order valence-corrected chi connectivity index (χ0v) is 17.7. The topological polar surface area (TPSA) is 51.0 Å². The number of rotatable bonds is 7. The molecule has 29 heavy (non-hydrogen) atoms. The molecule has 2 aromatic heterocycles. The van der Waals surface area contributed by atoms with Crippen LogP contribution in [0.4, 0.5) is 5.13 Å². The molecule has 4 aromatic rings. The molecule has 0 aliphatic carbocycles. The van der Waals surface area contributed by atoms with Crippen molar-refractivity contribution in [2.45, 2.75) is 26.3 Å². The molecule has 0 unspecified atom stereocenters. The van der Waals surface area contributed by atoms with Crippen LogP contribution in [-0.2, 0) is 17.8 Å². The Morgan fingerprint density at radius 2 is 2.07 bits per heavy atom. The van der Waals surface area contributed by atoms with Gasteiger partial charge in [-0.3, -0.25) is 9.69 Å². The summed E-state index contributed by atoms with van der Waals surface area (Å²) >= 11 is 7.72. The van der Waals surface area contributed by atoms with E-state index in [1.54, 1.807) is 12.5 Å². The summed E-state index contributed by atoms with van der Waals surface area (Å²) in [4.78, 5) is 23.8. The van der Waals surface area contributed by atoms with Gasteiger partial charge in [0.1, 0.15) is 0 Å². The molecule has 0 atom stereocenters. The number of nitrogens with zero attached hydrogens (tertiary/aromatic N) is 4. The number of aryl methyl sites for hydroxylation is 2. The average Bonchev–Trinajstić information content (AvgIpc) is 3.35. The fraction of sp³-hybridized carbons (Fsp3) is 0.227. The minimum absolute atomic E-state index is 0.0460. The lowest BCUT2D eigenvalue weighted by atomic mass is 10.1. The van der Waals surface area contributed by atoms with Crippen LogP contribution in [0.25, 0.3) is 10.2 Å². The molecule has 0 saturated heterocycles. The van der Waals surface area contributed by atoms with E-state index in [2.05, 4.69) is 4.98 Å². The standard InChI is InChI=1S/C22H21ClN4OS/c1-16-12-18(23)14-19-21(16)25-22(29-19)27(10-5-9-26-11-8-24-15-26)20(28)13-17-6-3-2-4-7-17/h2-4,6-8,11-12,14-15H,5,9-10,13H2,1H3. The predicted molar refractivity (Wildman–Crippen MR) is 119 cm³/mol. The maximum atomic E-state index is 13.2. The number of benzene rings is 2. The Balaban J connectivity index is 1.59. The van der Waals surface area contributed by atoms with Crippen LogP contribution < -0.4 is 4.90 Å². The Hall–Kier alpha value is -2.70. The van der Waals surface area contributed by atoms with Gasteiger partial charge in [0, 0.05) is 30.5 Å². The van der Waals surface area contributed by atoms with E-state index in [4.69, 9.17) is 16.6 Å². The first-order valence-electron chi connectivity index (χ1n) is 9.47. The Kier molecular flexibility index (Phi) is 5.92. The van der Waals surface area contributed by atoms with Gasteiger partial charge in [-0.15, -0.1) is 0 Å². The van der Waals surface area contributed by atoms with Crippen LogP contribution in [0.2, 0.25) is 5.02 Å². The van der Waals surface area contributed by atoms with Gasteiger partial charge in [-0.25, -0.2) is 9.97 Å². The van der Waals surface area contributed by atoms with Gasteiger partial charge in [-0.1, -0.05) is 53.3 Å². The second-order valence-corrected chi connectivity index (χ2v) is 8.37. The minimum atomic E-state index is 0.0460. The monoisotopic (exact) mass is 424 g/mol. The smallest absolute Gasteiger partial charge is 0.233 e. The maximum absolute atomic E-state index is 13.2. The van der Waals surface area contributed by atoms with E-state index < -0.39 is 0 Å². The summed E-state index contributed by atoms with van der Waals surface area (Å²) in [5.74, 6) is 0.0460. The van der Waals surface area contributed by atoms with Crippen LogP contribution in [0, 0.1) is 6.92 Å². The summed E-state index contributed by atoms with van der Waals surface area (Å²) in [5.41, 5.74) is 2.92. The Bertz CT molecular complexity index is 1110. The molecule has 0 fully saturated rings. The molecule has 0 N–H and O–H groups in total. The number of anilines is 1. The lowest BCUT2D eigenvalue weighted by Gasteiger charge is -2.20. The SMILES string of the molecule is Cc1cc(Cl)cc2sc(N(CCCn3ccnc3)C(=O)Cc3ccccc3)nc12. The molecule has 148 valence electrons. The van der Waals surface area contributed by atoms with E-state index in [0.717, 1.165) is 39.4 Å². The van der Waals surface area contributed by atoms with Gasteiger partial charge in [0.25, 0.3) is 0 Å². The number of fused-ring (bicyclic) bond motifs is 1. The quantitative estimate of drug-likeness (QED) is 0.413. The number of carbonyl (C=O) groups excluding carboxylic acids is 1. The van der Waals surface area contributed by atoms with Gasteiger partial charge in [0.05, 0.1) is 23.0 Å². The van der Waals surface area contributed by atoms with Crippen LogP contribution in [-0.4, -0.2) is 27.0 Å². The molecule has 0 aliphatic rings. The lowest BCUT2D eigenvalue weighted by molar-refractivity contribution is -0.118. The summed E-state index contributed by atoms with van der Waals surface area (Å²) in [6.45, 7) is 3.38. The number of hydrogen-bond donors (Lipinski definition) is 0. The van der Waals surface area contributed by atoms with Crippen LogP contribution >= 0.6 is 22.9 Å². The molecule has 0 radical (unpaired) electrons. The highest BCUT2D eigenvalue weighted by Gasteiger charge is 2.20. The molecule has 5 nitrogen and oxygen atoms in total. The van der Waals surface area contributed by atoms with Gasteiger partial charge in [-0.2, -0.15) is 0 Å². The third-order valence-electron chi connectivity index (χ3n) is 4.73. The van der Waals surface area contributed by atoms with Crippen molar-refractivity contribution in [2.24, 2.45) is 0 Å². The zero-order valence-electron chi connectivity index (χ0n) is 16.1. The van der Waals surface area contributed by atoms with Crippen LogP contribution in [0.3, 0.4) is 0 Å². The first-order valence-corrected chi connectivity index (χ1v) is 10.7. The molecule has 4 rings (SSSR count). The van der Waals surface area contributed by atoms with E-state index in [1.165, 1.54) is 11.3 Å². The number of amides is 1. The number of halogens is 1. The average molecular weight is 425 g/mol. The van der Waals surface area contributed by atoms with Crippen molar-refractivity contribution in [2.75, 3.05) is 11.4 Å². The summed E-state index contributed by atoms with van der Waals surface area (Å²) in [7, 11) is 0. The molecule has 0 bridgehead atoms. The number of hydrogen-bond acceptors (Lipinski definition) is 4. The Morgan fingerprint density at radius 1 is 1.24 bits per heavy atom. The fourth-order valence-corrected chi connectivity index (χ4v) is 4.75. The van der Waals surface area contributed by atoms with Crippen molar-refractivity contribution in [3.8, 4) is 0 Å². The highest BCUT2D eigenvalue weighted by molar-refractivity contribution is 7.22. The number of carbonyl (C=O) groups is 1. The van der Waals surface area contributed by atoms with E-state index >= 15 is 0 Å². The van der Waals surface area contributed by atoms with Gasteiger partial charge in [0.2, 0.25) is 5.91 Å². The Morgan fingerprint density at radius 3 is 2.83 bits per heavy atom. The van der Waals surface area contributed by atoms with E-state index in [9.17, 15) is 4.79 Å². The van der Waals surface area contributed by atoms with Crippen molar-refractivity contribution in [1.29, 1.82) is 0 Å². The highest BCUT2D eigenvalue weighted by atomic mass is 35.5. The third kappa shape index (κ3) is 4.66. The molecular formula is C22H21ClN4OS. The first-order chi connectivity index (χ1) is 14.1. The van der Waals surface area contributed by atoms with Crippen molar-refractivity contribution in [3.63, 3.8) is 0 Å². The molecule has 0 saturated carbocycles. The molecule has 0 aliphatic heterocycles. The summed E-state index contributed by atoms with van der Waals surface area (Å²) in [6, 6.07) is 13.6. The fourth-order valence-electron chi connectivity index (χ4n) is 3.28. The van der Waals surface area contributed by atoms with Crippen LogP contribution in [0.15, 0.2) is 61.2 Å². The molecule has 7 heteroatoms. The summed E-state index contributed by atoms with van der Waals surface area (Å²) < 4.78 is 3.01. The van der Waals surface area contributed by atoms with E-state index in [0.29, 0.717) is 18.0 Å². The number of imidazole rings is 1. The van der Waals surface area contributed by atoms with Gasteiger partial charge in [0.15, 0.2) is 5.13 Å². The molecule has 2 heterocycles. The van der Waals surface area contributed by atoms with E-state index in [1.807, 2.05) is 65.1 Å². The van der Waals surface area contributed by atoms with Crippen molar-refractivity contribution < 1.29 is 4.79 Å². The highest BCUT2D eigenvalue weighted by Crippen LogP contribution is 2.33. The van der Waals surface area contributed by atoms with Gasteiger partial charge >= 0.3 is 0 Å². The predicted octanol–water partition coefficient (Wildman–Crippen LogP) is 5.12. The number of thiazole rings is 1. The summed E-state index contributed by atoms with van der Waals surface area (Å²) in [6.07, 6.45) is 6.64. The second-order valence-electron chi connectivity index (χ2n) is 6.93. The molecule has 1 amide bonds. The third-order valence-corrected chi connectivity index (χ3v) is 5.97. The van der Waals surface area contributed by atoms with Gasteiger partial charge in [-0.05, 0) is 36.6 Å². The zero-order chi connectivity index (χ0) is 20.2. The van der Waals surface area contributed by atoms with Crippen LogP contribution in [0.5, 0.6) is 0 Å². The van der Waals surface area contributed by atoms with Crippen molar-refractivity contribution >= 4 is 44.2 Å². The molecule has 0 spiro atoms. The molecular weight excluding hydrogens is 404 g/mol. The van der Waals surface area contributed by atoms with Crippen molar-refractivity contribution in [3.05, 3.63) is 77.3 Å². The summed E-state index contributed by atoms with van der Waals surface area (Å²) in [5, 5.41) is 1.41. The van der Waals surface area contributed by atoms with Gasteiger partial charge < -0.3 is 4.57 Å². The lowest BCUT2D eigenvalue weighted by Crippen LogP contribution is -2.33. The maximum Gasteiger partial charge on any atom is 0.233 e. The first kappa shape index (κ1) is 19.6. The number of aromatic nitrogens is 3. The molecule has 2 aromatic carbocycles.